The number of nitrogens with zero attached hydrogens (tertiary/aromatic N) is 5. The molecule has 1 saturated heterocycles. The van der Waals surface area contributed by atoms with Gasteiger partial charge in [0.1, 0.15) is 16.7 Å². The summed E-state index contributed by atoms with van der Waals surface area (Å²) in [5, 5.41) is 13.0. The third-order valence-corrected chi connectivity index (χ3v) is 8.47. The third kappa shape index (κ3) is 3.86. The number of carbonyl (C=O) groups is 2. The minimum absolute atomic E-state index is 0.0150. The Kier molecular flexibility index (Phi) is 5.24. The fraction of sp³-hybridized carbons (Fsp3) is 0.250. The van der Waals surface area contributed by atoms with Crippen LogP contribution in [0, 0.1) is 0 Å². The molecule has 8 nitrogen and oxygen atoms in total. The van der Waals surface area contributed by atoms with Crippen molar-refractivity contribution in [1.29, 1.82) is 0 Å². The van der Waals surface area contributed by atoms with Crippen LogP contribution in [0.3, 0.4) is 0 Å². The fourth-order valence-corrected chi connectivity index (χ4v) is 6.50. The van der Waals surface area contributed by atoms with Crippen molar-refractivity contribution in [3.8, 4) is 0 Å². The number of hydrogen-bond donors (Lipinski definition) is 0. The SMILES string of the molecule is O=C(c1ccc2nonc2c1)N1CCC(c2nc(C(=O)N3Cc4cccc5cccc(c45)C3)cs2)CC1. The van der Waals surface area contributed by atoms with Crippen molar-refractivity contribution >= 4 is 45.0 Å². The quantitative estimate of drug-likeness (QED) is 0.340. The largest absolute Gasteiger partial charge is 0.339 e. The lowest BCUT2D eigenvalue weighted by Gasteiger charge is -2.31. The van der Waals surface area contributed by atoms with Gasteiger partial charge in [-0.25, -0.2) is 9.61 Å². The highest BCUT2D eigenvalue weighted by molar-refractivity contribution is 7.09. The molecular weight excluding hydrogens is 486 g/mol. The Hall–Kier alpha value is -4.11. The monoisotopic (exact) mass is 509 g/mol. The summed E-state index contributed by atoms with van der Waals surface area (Å²) in [6, 6.07) is 17.8. The molecule has 2 aromatic heterocycles. The summed E-state index contributed by atoms with van der Waals surface area (Å²) < 4.78 is 4.74. The highest BCUT2D eigenvalue weighted by atomic mass is 32.1. The van der Waals surface area contributed by atoms with E-state index in [9.17, 15) is 9.59 Å². The van der Waals surface area contributed by atoms with Crippen LogP contribution < -0.4 is 0 Å². The molecule has 3 aromatic carbocycles. The minimum Gasteiger partial charge on any atom is -0.339 e. The third-order valence-electron chi connectivity index (χ3n) is 7.46. The predicted octanol–water partition coefficient (Wildman–Crippen LogP) is 5.01. The molecule has 5 aromatic rings. The minimum atomic E-state index is -0.0284. The highest BCUT2D eigenvalue weighted by Gasteiger charge is 2.29. The van der Waals surface area contributed by atoms with Crippen molar-refractivity contribution < 1.29 is 14.2 Å². The Bertz CT molecular complexity index is 1630. The van der Waals surface area contributed by atoms with Gasteiger partial charge in [0, 0.05) is 43.0 Å². The van der Waals surface area contributed by atoms with Crippen molar-refractivity contribution in [1.82, 2.24) is 25.1 Å². The van der Waals surface area contributed by atoms with Gasteiger partial charge < -0.3 is 9.80 Å². The number of hydrogen-bond acceptors (Lipinski definition) is 7. The van der Waals surface area contributed by atoms with Gasteiger partial charge in [-0.1, -0.05) is 36.4 Å². The van der Waals surface area contributed by atoms with Crippen LogP contribution in [0.4, 0.5) is 0 Å². The topological polar surface area (TPSA) is 92.4 Å². The Morgan fingerprint density at radius 2 is 1.59 bits per heavy atom. The molecule has 2 aliphatic heterocycles. The lowest BCUT2D eigenvalue weighted by atomic mass is 9.95. The summed E-state index contributed by atoms with van der Waals surface area (Å²) in [6.45, 7) is 2.48. The maximum Gasteiger partial charge on any atom is 0.273 e. The molecule has 0 radical (unpaired) electrons. The second kappa shape index (κ2) is 8.77. The van der Waals surface area contributed by atoms with E-state index in [4.69, 9.17) is 9.61 Å². The van der Waals surface area contributed by atoms with Crippen LogP contribution in [0.5, 0.6) is 0 Å². The van der Waals surface area contributed by atoms with Gasteiger partial charge in [0.05, 0.1) is 5.01 Å². The molecule has 0 spiro atoms. The molecule has 4 heterocycles. The van der Waals surface area contributed by atoms with Gasteiger partial charge in [0.15, 0.2) is 0 Å². The molecular formula is C28H23N5O3S. The number of piperidine rings is 1. The highest BCUT2D eigenvalue weighted by Crippen LogP contribution is 2.33. The molecule has 184 valence electrons. The lowest BCUT2D eigenvalue weighted by Crippen LogP contribution is -2.38. The van der Waals surface area contributed by atoms with Crippen LogP contribution in [-0.2, 0) is 13.1 Å². The molecule has 0 aliphatic carbocycles. The Morgan fingerprint density at radius 3 is 2.35 bits per heavy atom. The predicted molar refractivity (Wildman–Crippen MR) is 139 cm³/mol. The summed E-state index contributed by atoms with van der Waals surface area (Å²) in [5.74, 6) is 0.201. The zero-order valence-corrected chi connectivity index (χ0v) is 20.8. The van der Waals surface area contributed by atoms with Crippen molar-refractivity contribution in [2.24, 2.45) is 0 Å². The second-order valence-electron chi connectivity index (χ2n) is 9.70. The molecule has 2 aliphatic rings. The maximum atomic E-state index is 13.4. The van der Waals surface area contributed by atoms with Gasteiger partial charge in [0.25, 0.3) is 11.8 Å². The Morgan fingerprint density at radius 1 is 0.865 bits per heavy atom. The van der Waals surface area contributed by atoms with Crippen LogP contribution in [0.25, 0.3) is 21.8 Å². The van der Waals surface area contributed by atoms with E-state index in [0.717, 1.165) is 17.8 Å². The van der Waals surface area contributed by atoms with Crippen LogP contribution in [-0.4, -0.2) is 50.0 Å². The Labute approximate surface area is 216 Å². The van der Waals surface area contributed by atoms with Crippen LogP contribution >= 0.6 is 11.3 Å². The van der Waals surface area contributed by atoms with E-state index >= 15 is 0 Å². The molecule has 2 amide bonds. The van der Waals surface area contributed by atoms with E-state index in [1.54, 1.807) is 29.5 Å². The standard InChI is InChI=1S/C28H23N5O3S/c34-27(19-7-8-22-23(13-19)31-36-30-22)32-11-9-18(10-12-32)26-29-24(16-37-26)28(35)33-14-20-5-1-3-17-4-2-6-21(15-33)25(17)20/h1-8,13,16,18H,9-12,14-15H2. The number of rotatable bonds is 3. The average molecular weight is 510 g/mol. The van der Waals surface area contributed by atoms with E-state index < -0.39 is 0 Å². The number of likely N-dealkylation sites (tertiary alicyclic amines) is 1. The Balaban J connectivity index is 1.02. The van der Waals surface area contributed by atoms with Crippen molar-refractivity contribution in [2.75, 3.05) is 13.1 Å². The van der Waals surface area contributed by atoms with Crippen molar-refractivity contribution in [3.05, 3.63) is 87.4 Å². The normalized spacial score (nSPS) is 16.0. The first-order valence-corrected chi connectivity index (χ1v) is 13.3. The van der Waals surface area contributed by atoms with E-state index in [1.807, 2.05) is 15.2 Å². The molecule has 0 bridgehead atoms. The summed E-state index contributed by atoms with van der Waals surface area (Å²) in [6.07, 6.45) is 1.64. The average Bonchev–Trinajstić information content (AvgIpc) is 3.62. The number of thiazole rings is 1. The number of amides is 2. The molecule has 7 rings (SSSR count). The zero-order chi connectivity index (χ0) is 24.9. The van der Waals surface area contributed by atoms with E-state index in [0.29, 0.717) is 48.5 Å². The lowest BCUT2D eigenvalue weighted by molar-refractivity contribution is 0.0712. The second-order valence-corrected chi connectivity index (χ2v) is 10.6. The molecule has 9 heteroatoms. The summed E-state index contributed by atoms with van der Waals surface area (Å²) >= 11 is 1.55. The zero-order valence-electron chi connectivity index (χ0n) is 20.0. The molecule has 0 saturated carbocycles. The summed E-state index contributed by atoms with van der Waals surface area (Å²) in [4.78, 5) is 34.9. The number of aromatic nitrogens is 3. The van der Waals surface area contributed by atoms with E-state index in [2.05, 4.69) is 46.7 Å². The van der Waals surface area contributed by atoms with Crippen LogP contribution in [0.2, 0.25) is 0 Å². The first-order chi connectivity index (χ1) is 18.1. The van der Waals surface area contributed by atoms with Gasteiger partial charge >= 0.3 is 0 Å². The van der Waals surface area contributed by atoms with E-state index in [1.165, 1.54) is 21.9 Å². The molecule has 0 unspecified atom stereocenters. The summed E-state index contributed by atoms with van der Waals surface area (Å²) in [5.41, 5.74) is 4.67. The molecule has 37 heavy (non-hydrogen) atoms. The summed E-state index contributed by atoms with van der Waals surface area (Å²) in [7, 11) is 0. The van der Waals surface area contributed by atoms with E-state index in [-0.39, 0.29) is 17.7 Å². The molecule has 0 N–H and O–H groups in total. The number of fused-ring (bicyclic) bond motifs is 1. The van der Waals surface area contributed by atoms with Crippen molar-refractivity contribution in [3.63, 3.8) is 0 Å². The molecule has 0 atom stereocenters. The first-order valence-electron chi connectivity index (χ1n) is 12.4. The first kappa shape index (κ1) is 22.1. The van der Waals surface area contributed by atoms with Crippen molar-refractivity contribution in [2.45, 2.75) is 31.8 Å². The maximum absolute atomic E-state index is 13.4. The van der Waals surface area contributed by atoms with Crippen LogP contribution in [0.1, 0.15) is 55.7 Å². The molecule has 1 fully saturated rings. The van der Waals surface area contributed by atoms with Crippen LogP contribution in [0.15, 0.2) is 64.6 Å². The van der Waals surface area contributed by atoms with Gasteiger partial charge in [-0.3, -0.25) is 9.59 Å². The smallest absolute Gasteiger partial charge is 0.273 e. The number of benzene rings is 3. The van der Waals surface area contributed by atoms with Gasteiger partial charge in [-0.15, -0.1) is 11.3 Å². The fourth-order valence-electron chi connectivity index (χ4n) is 5.54. The van der Waals surface area contributed by atoms with Gasteiger partial charge in [-0.05, 0) is 63.3 Å². The van der Waals surface area contributed by atoms with Gasteiger partial charge in [-0.2, -0.15) is 0 Å². The van der Waals surface area contributed by atoms with Gasteiger partial charge in [0.2, 0.25) is 0 Å². The number of carbonyl (C=O) groups excluding carboxylic acids is 2.